The van der Waals surface area contributed by atoms with Crippen molar-refractivity contribution in [1.29, 1.82) is 0 Å². The summed E-state index contributed by atoms with van der Waals surface area (Å²) in [5, 5.41) is 0. The lowest BCUT2D eigenvalue weighted by atomic mass is 10.1. The molecule has 5 nitrogen and oxygen atoms in total. The number of aromatic amines is 1. The van der Waals surface area contributed by atoms with Crippen LogP contribution in [0.1, 0.15) is 15.9 Å². The molecule has 1 aliphatic heterocycles. The molecule has 1 amide bonds. The second-order valence-corrected chi connectivity index (χ2v) is 4.50. The third kappa shape index (κ3) is 1.86. The first-order valence-corrected chi connectivity index (χ1v) is 6.06. The zero-order valence-electron chi connectivity index (χ0n) is 10.3. The minimum absolute atomic E-state index is 0.0675. The van der Waals surface area contributed by atoms with Crippen LogP contribution in [0, 0.1) is 6.92 Å². The van der Waals surface area contributed by atoms with E-state index in [9.17, 15) is 4.79 Å². The highest BCUT2D eigenvalue weighted by Crippen LogP contribution is 2.18. The molecule has 1 aliphatic rings. The third-order valence-electron chi connectivity index (χ3n) is 3.26. The van der Waals surface area contributed by atoms with E-state index in [1.54, 1.807) is 6.33 Å². The number of aromatic nitrogens is 2. The fourth-order valence-electron chi connectivity index (χ4n) is 2.30. The second kappa shape index (κ2) is 4.42. The largest absolute Gasteiger partial charge is 0.378 e. The van der Waals surface area contributed by atoms with E-state index in [4.69, 9.17) is 4.74 Å². The van der Waals surface area contributed by atoms with Gasteiger partial charge in [-0.1, -0.05) is 0 Å². The van der Waals surface area contributed by atoms with E-state index in [0.29, 0.717) is 31.9 Å². The highest BCUT2D eigenvalue weighted by molar-refractivity contribution is 5.98. The van der Waals surface area contributed by atoms with Gasteiger partial charge >= 0.3 is 0 Å². The van der Waals surface area contributed by atoms with Gasteiger partial charge in [-0.25, -0.2) is 4.98 Å². The topological polar surface area (TPSA) is 58.2 Å². The molecular weight excluding hydrogens is 230 g/mol. The van der Waals surface area contributed by atoms with Crippen LogP contribution in [0.25, 0.3) is 11.0 Å². The summed E-state index contributed by atoms with van der Waals surface area (Å²) in [4.78, 5) is 21.5. The Morgan fingerprint density at radius 3 is 2.94 bits per heavy atom. The van der Waals surface area contributed by atoms with Crippen LogP contribution in [0.5, 0.6) is 0 Å². The van der Waals surface area contributed by atoms with Crippen molar-refractivity contribution >= 4 is 16.9 Å². The number of rotatable bonds is 1. The number of carbonyl (C=O) groups is 1. The molecule has 0 atom stereocenters. The first kappa shape index (κ1) is 11.2. The van der Waals surface area contributed by atoms with Gasteiger partial charge in [0.05, 0.1) is 30.6 Å². The number of imidazole rings is 1. The molecule has 18 heavy (non-hydrogen) atoms. The summed E-state index contributed by atoms with van der Waals surface area (Å²) in [6.45, 7) is 4.55. The van der Waals surface area contributed by atoms with Gasteiger partial charge in [0.2, 0.25) is 0 Å². The lowest BCUT2D eigenvalue weighted by Gasteiger charge is -2.27. The van der Waals surface area contributed by atoms with Crippen molar-refractivity contribution in [2.24, 2.45) is 0 Å². The summed E-state index contributed by atoms with van der Waals surface area (Å²) in [7, 11) is 0. The van der Waals surface area contributed by atoms with Gasteiger partial charge in [-0.2, -0.15) is 0 Å². The number of hydrogen-bond donors (Lipinski definition) is 1. The minimum atomic E-state index is 0.0675. The summed E-state index contributed by atoms with van der Waals surface area (Å²) in [6.07, 6.45) is 1.65. The zero-order chi connectivity index (χ0) is 12.5. The molecule has 94 valence electrons. The van der Waals surface area contributed by atoms with Gasteiger partial charge in [-0.15, -0.1) is 0 Å². The van der Waals surface area contributed by atoms with Crippen molar-refractivity contribution in [3.05, 3.63) is 29.6 Å². The lowest BCUT2D eigenvalue weighted by Crippen LogP contribution is -2.40. The molecule has 1 aromatic heterocycles. The molecule has 1 N–H and O–H groups in total. The summed E-state index contributed by atoms with van der Waals surface area (Å²) < 4.78 is 5.26. The number of ether oxygens (including phenoxy) is 1. The standard InChI is InChI=1S/C13H15N3O2/c1-9-6-10(7-11-12(9)15-8-14-11)13(17)16-2-4-18-5-3-16/h6-8H,2-5H2,1H3,(H,14,15). The molecule has 0 aliphatic carbocycles. The highest BCUT2D eigenvalue weighted by atomic mass is 16.5. The summed E-state index contributed by atoms with van der Waals surface area (Å²) >= 11 is 0. The quantitative estimate of drug-likeness (QED) is 0.825. The predicted octanol–water partition coefficient (Wildman–Crippen LogP) is 1.34. The van der Waals surface area contributed by atoms with Gasteiger partial charge in [0.15, 0.2) is 0 Å². The number of hydrogen-bond acceptors (Lipinski definition) is 3. The Hall–Kier alpha value is -1.88. The van der Waals surface area contributed by atoms with Crippen molar-refractivity contribution in [3.63, 3.8) is 0 Å². The molecule has 1 aromatic carbocycles. The molecule has 1 fully saturated rings. The molecule has 2 aromatic rings. The van der Waals surface area contributed by atoms with E-state index < -0.39 is 0 Å². The number of nitrogens with one attached hydrogen (secondary N) is 1. The number of H-pyrrole nitrogens is 1. The molecule has 0 spiro atoms. The van der Waals surface area contributed by atoms with E-state index in [2.05, 4.69) is 9.97 Å². The fraction of sp³-hybridized carbons (Fsp3) is 0.385. The van der Waals surface area contributed by atoms with Gasteiger partial charge in [-0.05, 0) is 24.6 Å². The van der Waals surface area contributed by atoms with Gasteiger partial charge < -0.3 is 14.6 Å². The molecule has 0 saturated carbocycles. The highest BCUT2D eigenvalue weighted by Gasteiger charge is 2.19. The van der Waals surface area contributed by atoms with E-state index in [-0.39, 0.29) is 5.91 Å². The number of benzene rings is 1. The van der Waals surface area contributed by atoms with Crippen molar-refractivity contribution in [3.8, 4) is 0 Å². The molecule has 0 bridgehead atoms. The van der Waals surface area contributed by atoms with Crippen molar-refractivity contribution in [2.75, 3.05) is 26.3 Å². The molecule has 3 rings (SSSR count). The van der Waals surface area contributed by atoms with E-state index in [1.165, 1.54) is 0 Å². The van der Waals surface area contributed by atoms with Gasteiger partial charge in [0, 0.05) is 18.7 Å². The third-order valence-corrected chi connectivity index (χ3v) is 3.26. The molecule has 1 saturated heterocycles. The Bertz CT molecular complexity index is 585. The molecule has 0 radical (unpaired) electrons. The normalized spacial score (nSPS) is 16.2. The van der Waals surface area contributed by atoms with Crippen molar-refractivity contribution < 1.29 is 9.53 Å². The Morgan fingerprint density at radius 1 is 1.39 bits per heavy atom. The van der Waals surface area contributed by atoms with E-state index >= 15 is 0 Å². The summed E-state index contributed by atoms with van der Waals surface area (Å²) in [5.41, 5.74) is 3.57. The first-order valence-electron chi connectivity index (χ1n) is 6.06. The number of carbonyl (C=O) groups excluding carboxylic acids is 1. The lowest BCUT2D eigenvalue weighted by molar-refractivity contribution is 0.0303. The van der Waals surface area contributed by atoms with Crippen LogP contribution >= 0.6 is 0 Å². The predicted molar refractivity (Wildman–Crippen MR) is 67.6 cm³/mol. The Labute approximate surface area is 105 Å². The number of fused-ring (bicyclic) bond motifs is 1. The van der Waals surface area contributed by atoms with Crippen LogP contribution in [0.3, 0.4) is 0 Å². The summed E-state index contributed by atoms with van der Waals surface area (Å²) in [6, 6.07) is 3.77. The van der Waals surface area contributed by atoms with E-state index in [0.717, 1.165) is 16.6 Å². The zero-order valence-corrected chi connectivity index (χ0v) is 10.3. The van der Waals surface area contributed by atoms with Crippen LogP contribution in [-0.4, -0.2) is 47.1 Å². The monoisotopic (exact) mass is 245 g/mol. The van der Waals surface area contributed by atoms with Gasteiger partial charge in [-0.3, -0.25) is 4.79 Å². The molecule has 2 heterocycles. The SMILES string of the molecule is Cc1cc(C(=O)N2CCOCC2)cc2[nH]cnc12. The second-order valence-electron chi connectivity index (χ2n) is 4.50. The molecule has 0 unspecified atom stereocenters. The van der Waals surface area contributed by atoms with Gasteiger partial charge in [0.1, 0.15) is 0 Å². The summed E-state index contributed by atoms with van der Waals surface area (Å²) in [5.74, 6) is 0.0675. The maximum atomic E-state index is 12.4. The number of morpholine rings is 1. The molecular formula is C13H15N3O2. The van der Waals surface area contributed by atoms with Crippen LogP contribution in [0.15, 0.2) is 18.5 Å². The molecule has 5 heteroatoms. The van der Waals surface area contributed by atoms with Crippen LogP contribution in [0.4, 0.5) is 0 Å². The Balaban J connectivity index is 1.95. The maximum Gasteiger partial charge on any atom is 0.254 e. The number of nitrogens with zero attached hydrogens (tertiary/aromatic N) is 2. The van der Waals surface area contributed by atoms with Crippen LogP contribution in [-0.2, 0) is 4.74 Å². The van der Waals surface area contributed by atoms with E-state index in [1.807, 2.05) is 24.0 Å². The van der Waals surface area contributed by atoms with Crippen LogP contribution < -0.4 is 0 Å². The Morgan fingerprint density at radius 2 is 2.17 bits per heavy atom. The minimum Gasteiger partial charge on any atom is -0.378 e. The van der Waals surface area contributed by atoms with Gasteiger partial charge in [0.25, 0.3) is 5.91 Å². The fourth-order valence-corrected chi connectivity index (χ4v) is 2.30. The number of aryl methyl sites for hydroxylation is 1. The average Bonchev–Trinajstić information content (AvgIpc) is 2.88. The van der Waals surface area contributed by atoms with Crippen molar-refractivity contribution in [1.82, 2.24) is 14.9 Å². The number of amides is 1. The first-order chi connectivity index (χ1) is 8.75. The van der Waals surface area contributed by atoms with Crippen molar-refractivity contribution in [2.45, 2.75) is 6.92 Å². The van der Waals surface area contributed by atoms with Crippen LogP contribution in [0.2, 0.25) is 0 Å². The maximum absolute atomic E-state index is 12.4. The Kier molecular flexibility index (Phi) is 2.76. The average molecular weight is 245 g/mol. The smallest absolute Gasteiger partial charge is 0.254 e.